The highest BCUT2D eigenvalue weighted by molar-refractivity contribution is 7.89. The van der Waals surface area contributed by atoms with Crippen LogP contribution >= 0.6 is 11.6 Å². The van der Waals surface area contributed by atoms with Crippen molar-refractivity contribution in [2.45, 2.75) is 62.9 Å². The van der Waals surface area contributed by atoms with Gasteiger partial charge in [-0.15, -0.1) is 0 Å². The second-order valence-electron chi connectivity index (χ2n) is 8.83. The van der Waals surface area contributed by atoms with Gasteiger partial charge in [0.15, 0.2) is 0 Å². The number of halogens is 1. The molecule has 33 heavy (non-hydrogen) atoms. The summed E-state index contributed by atoms with van der Waals surface area (Å²) < 4.78 is 27.9. The van der Waals surface area contributed by atoms with Crippen LogP contribution in [0.15, 0.2) is 41.3 Å². The third-order valence-corrected chi connectivity index (χ3v) is 8.51. The highest BCUT2D eigenvalue weighted by Crippen LogP contribution is 2.28. The molecule has 9 heteroatoms. The van der Waals surface area contributed by atoms with E-state index in [9.17, 15) is 18.0 Å². The molecule has 1 unspecified atom stereocenters. The van der Waals surface area contributed by atoms with Crippen molar-refractivity contribution in [3.63, 3.8) is 0 Å². The fraction of sp³-hybridized carbons (Fsp3) is 0.417. The van der Waals surface area contributed by atoms with Crippen LogP contribution in [0.2, 0.25) is 5.02 Å². The molecule has 2 amide bonds. The van der Waals surface area contributed by atoms with Crippen LogP contribution in [-0.4, -0.2) is 43.2 Å². The number of piperidine rings is 1. The van der Waals surface area contributed by atoms with E-state index in [0.29, 0.717) is 23.4 Å². The fourth-order valence-corrected chi connectivity index (χ4v) is 6.03. The topological polar surface area (TPSA) is 95.6 Å². The summed E-state index contributed by atoms with van der Waals surface area (Å²) in [6.07, 6.45) is 4.62. The number of carbonyl (C=O) groups excluding carboxylic acids is 2. The van der Waals surface area contributed by atoms with Gasteiger partial charge in [-0.3, -0.25) is 9.59 Å². The summed E-state index contributed by atoms with van der Waals surface area (Å²) in [6, 6.07) is 9.47. The van der Waals surface area contributed by atoms with Gasteiger partial charge in [-0.2, -0.15) is 4.31 Å². The number of carbonyl (C=O) groups is 2. The molecule has 1 aliphatic carbocycles. The van der Waals surface area contributed by atoms with Crippen molar-refractivity contribution < 1.29 is 18.0 Å². The van der Waals surface area contributed by atoms with Crippen LogP contribution in [0.1, 0.15) is 65.3 Å². The number of aryl methyl sites for hydroxylation is 1. The number of benzene rings is 2. The fourth-order valence-electron chi connectivity index (χ4n) is 4.04. The molecular formula is C24H28ClN3O4S. The van der Waals surface area contributed by atoms with Crippen molar-refractivity contribution in [2.75, 3.05) is 11.9 Å². The van der Waals surface area contributed by atoms with Gasteiger partial charge in [0.25, 0.3) is 11.8 Å². The smallest absolute Gasteiger partial charge is 0.255 e. The van der Waals surface area contributed by atoms with Crippen molar-refractivity contribution in [1.29, 1.82) is 0 Å². The molecule has 1 atom stereocenters. The van der Waals surface area contributed by atoms with E-state index in [2.05, 4.69) is 10.6 Å². The molecule has 0 aromatic heterocycles. The van der Waals surface area contributed by atoms with E-state index in [-0.39, 0.29) is 33.5 Å². The van der Waals surface area contributed by atoms with Crippen LogP contribution < -0.4 is 10.6 Å². The number of rotatable bonds is 6. The van der Waals surface area contributed by atoms with Gasteiger partial charge in [0.2, 0.25) is 10.0 Å². The second-order valence-corrected chi connectivity index (χ2v) is 11.1. The zero-order valence-corrected chi connectivity index (χ0v) is 20.3. The first-order valence-corrected chi connectivity index (χ1v) is 13.0. The molecule has 2 aromatic rings. The average Bonchev–Trinajstić information content (AvgIpc) is 3.58. The summed E-state index contributed by atoms with van der Waals surface area (Å²) in [5, 5.41) is 5.88. The molecule has 1 saturated carbocycles. The molecule has 1 aliphatic heterocycles. The number of hydrogen-bond acceptors (Lipinski definition) is 4. The molecule has 1 heterocycles. The Bertz CT molecular complexity index is 1190. The molecule has 176 valence electrons. The highest BCUT2D eigenvalue weighted by atomic mass is 35.5. The maximum Gasteiger partial charge on any atom is 0.255 e. The average molecular weight is 490 g/mol. The van der Waals surface area contributed by atoms with E-state index in [4.69, 9.17) is 11.6 Å². The molecule has 0 bridgehead atoms. The third-order valence-electron chi connectivity index (χ3n) is 6.19. The zero-order chi connectivity index (χ0) is 23.8. The van der Waals surface area contributed by atoms with E-state index in [1.807, 2.05) is 6.92 Å². The number of sulfonamides is 1. The lowest BCUT2D eigenvalue weighted by molar-refractivity contribution is 0.0950. The lowest BCUT2D eigenvalue weighted by Gasteiger charge is -2.32. The van der Waals surface area contributed by atoms with E-state index >= 15 is 0 Å². The maximum absolute atomic E-state index is 13.2. The summed E-state index contributed by atoms with van der Waals surface area (Å²) in [6.45, 7) is 4.15. The summed E-state index contributed by atoms with van der Waals surface area (Å²) in [7, 11) is -3.70. The van der Waals surface area contributed by atoms with Gasteiger partial charge in [0.05, 0.1) is 15.5 Å². The quantitative estimate of drug-likeness (QED) is 0.630. The minimum Gasteiger partial charge on any atom is -0.349 e. The predicted molar refractivity (Wildman–Crippen MR) is 128 cm³/mol. The first-order valence-electron chi connectivity index (χ1n) is 11.2. The third kappa shape index (κ3) is 5.23. The maximum atomic E-state index is 13.2. The summed E-state index contributed by atoms with van der Waals surface area (Å²) >= 11 is 6.28. The van der Waals surface area contributed by atoms with Gasteiger partial charge in [-0.1, -0.05) is 24.1 Å². The number of hydrogen-bond donors (Lipinski definition) is 2. The largest absolute Gasteiger partial charge is 0.349 e. The van der Waals surface area contributed by atoms with Gasteiger partial charge in [0.1, 0.15) is 0 Å². The van der Waals surface area contributed by atoms with Gasteiger partial charge in [0, 0.05) is 29.9 Å². The monoisotopic (exact) mass is 489 g/mol. The van der Waals surface area contributed by atoms with E-state index in [1.54, 1.807) is 31.2 Å². The first-order chi connectivity index (χ1) is 15.7. The summed E-state index contributed by atoms with van der Waals surface area (Å²) in [5.74, 6) is -0.677. The minimum absolute atomic E-state index is 0.0694. The van der Waals surface area contributed by atoms with Gasteiger partial charge < -0.3 is 10.6 Å². The SMILES string of the molecule is Cc1ccc(S(=O)(=O)N2CCCCC2C)cc1C(=O)Nc1ccc(C(=O)NC2CC2)c(Cl)c1. The van der Waals surface area contributed by atoms with Gasteiger partial charge in [-0.05, 0) is 75.4 Å². The lowest BCUT2D eigenvalue weighted by Crippen LogP contribution is -2.42. The summed E-state index contributed by atoms with van der Waals surface area (Å²) in [5.41, 5.74) is 1.70. The van der Waals surface area contributed by atoms with Crippen LogP contribution in [0.3, 0.4) is 0 Å². The number of anilines is 1. The first kappa shape index (κ1) is 23.7. The highest BCUT2D eigenvalue weighted by Gasteiger charge is 2.31. The Hall–Kier alpha value is -2.42. The molecule has 7 nitrogen and oxygen atoms in total. The van der Waals surface area contributed by atoms with Crippen LogP contribution in [0.25, 0.3) is 0 Å². The second kappa shape index (κ2) is 9.44. The van der Waals surface area contributed by atoms with Crippen LogP contribution in [0.5, 0.6) is 0 Å². The van der Waals surface area contributed by atoms with E-state index in [1.165, 1.54) is 16.4 Å². The molecule has 2 aromatic carbocycles. The normalized spacial score (nSPS) is 19.2. The standard InChI is InChI=1S/C24H28ClN3O4S/c1-15-6-10-19(33(31,32)28-12-4-3-5-16(28)2)14-21(15)24(30)27-18-9-11-20(22(25)13-18)23(29)26-17-7-8-17/h6,9-11,13-14,16-17H,3-5,7-8,12H2,1-2H3,(H,26,29)(H,27,30). The van der Waals surface area contributed by atoms with Gasteiger partial charge >= 0.3 is 0 Å². The Kier molecular flexibility index (Phi) is 6.79. The number of nitrogens with one attached hydrogen (secondary N) is 2. The molecule has 2 aliphatic rings. The van der Waals surface area contributed by atoms with Crippen molar-refractivity contribution in [1.82, 2.24) is 9.62 Å². The van der Waals surface area contributed by atoms with Crippen molar-refractivity contribution in [2.24, 2.45) is 0 Å². The predicted octanol–water partition coefficient (Wildman–Crippen LogP) is 4.36. The Morgan fingerprint density at radius 3 is 2.42 bits per heavy atom. The van der Waals surface area contributed by atoms with Crippen molar-refractivity contribution in [3.8, 4) is 0 Å². The number of nitrogens with zero attached hydrogens (tertiary/aromatic N) is 1. The molecule has 1 saturated heterocycles. The van der Waals surface area contributed by atoms with Crippen LogP contribution in [0.4, 0.5) is 5.69 Å². The molecule has 0 spiro atoms. The zero-order valence-electron chi connectivity index (χ0n) is 18.7. The van der Waals surface area contributed by atoms with Crippen LogP contribution in [0, 0.1) is 6.92 Å². The summed E-state index contributed by atoms with van der Waals surface area (Å²) in [4.78, 5) is 25.4. The molecule has 4 rings (SSSR count). The van der Waals surface area contributed by atoms with Crippen LogP contribution in [-0.2, 0) is 10.0 Å². The van der Waals surface area contributed by atoms with E-state index in [0.717, 1.165) is 32.1 Å². The van der Waals surface area contributed by atoms with Crippen molar-refractivity contribution in [3.05, 3.63) is 58.1 Å². The minimum atomic E-state index is -3.70. The Morgan fingerprint density at radius 1 is 1.00 bits per heavy atom. The molecule has 0 radical (unpaired) electrons. The van der Waals surface area contributed by atoms with Crippen molar-refractivity contribution >= 4 is 39.1 Å². The Labute approximate surface area is 199 Å². The molecule has 2 fully saturated rings. The number of amides is 2. The Balaban J connectivity index is 1.53. The lowest BCUT2D eigenvalue weighted by atomic mass is 10.1. The Morgan fingerprint density at radius 2 is 1.76 bits per heavy atom. The molecular weight excluding hydrogens is 462 g/mol. The van der Waals surface area contributed by atoms with E-state index < -0.39 is 15.9 Å². The van der Waals surface area contributed by atoms with Gasteiger partial charge in [-0.25, -0.2) is 8.42 Å². The molecule has 2 N–H and O–H groups in total.